The highest BCUT2D eigenvalue weighted by Crippen LogP contribution is 2.43. The van der Waals surface area contributed by atoms with Gasteiger partial charge in [-0.05, 0) is 44.9 Å². The Kier molecular flexibility index (Phi) is 62.2. The summed E-state index contributed by atoms with van der Waals surface area (Å²) in [7, 11) is 1.56. The minimum atomic E-state index is -4.36. The second kappa shape index (κ2) is 63.2. The number of aliphatic hydroxyl groups excluding tert-OH is 1. The lowest BCUT2D eigenvalue weighted by atomic mass is 10.0. The Balaban J connectivity index is 4.06. The minimum absolute atomic E-state index is 0.0554. The number of carbonyl (C=O) groups excluding carboxylic acids is 1. The third kappa shape index (κ3) is 66.1. The molecule has 0 saturated carbocycles. The summed E-state index contributed by atoms with van der Waals surface area (Å²) in [6.45, 7) is 4.85. The average molecular weight is 1160 g/mol. The SMILES string of the molecule is CCCCCCCCCCCCCCCCCC/C=C/CC/C=C/CC/C=C/C(O)C(COP(=O)(O)OCC[N+](C)(C)C)NC(=O)CCCCCCCCCCCCCCCCCCCCCCCCCCCCCCCCCCC. The summed E-state index contributed by atoms with van der Waals surface area (Å²) in [5.41, 5.74) is 0. The van der Waals surface area contributed by atoms with Crippen LogP contribution in [0.3, 0.4) is 0 Å². The molecule has 0 aliphatic heterocycles. The van der Waals surface area contributed by atoms with Crippen molar-refractivity contribution >= 4 is 13.7 Å². The predicted octanol–water partition coefficient (Wildman–Crippen LogP) is 22.8. The van der Waals surface area contributed by atoms with Crippen LogP contribution in [0, 0.1) is 0 Å². The van der Waals surface area contributed by atoms with Gasteiger partial charge in [0.1, 0.15) is 13.2 Å². The number of rotatable bonds is 67. The predicted molar refractivity (Wildman–Crippen MR) is 355 cm³/mol. The minimum Gasteiger partial charge on any atom is -0.387 e. The van der Waals surface area contributed by atoms with E-state index in [0.29, 0.717) is 17.4 Å². The van der Waals surface area contributed by atoms with Crippen molar-refractivity contribution in [3.05, 3.63) is 36.5 Å². The fourth-order valence-electron chi connectivity index (χ4n) is 11.0. The Morgan fingerprint density at radius 3 is 0.988 bits per heavy atom. The van der Waals surface area contributed by atoms with Gasteiger partial charge in [-0.15, -0.1) is 0 Å². The van der Waals surface area contributed by atoms with E-state index in [4.69, 9.17) is 9.05 Å². The second-order valence-electron chi connectivity index (χ2n) is 26.0. The van der Waals surface area contributed by atoms with Crippen molar-refractivity contribution in [2.24, 2.45) is 0 Å². The van der Waals surface area contributed by atoms with E-state index in [1.54, 1.807) is 6.08 Å². The molecule has 9 heteroatoms. The fourth-order valence-corrected chi connectivity index (χ4v) is 11.8. The number of quaternary nitrogens is 1. The van der Waals surface area contributed by atoms with Crippen LogP contribution in [0.25, 0.3) is 0 Å². The van der Waals surface area contributed by atoms with Crippen LogP contribution in [0.1, 0.15) is 367 Å². The molecule has 3 unspecified atom stereocenters. The molecule has 0 radical (unpaired) electrons. The zero-order valence-corrected chi connectivity index (χ0v) is 55.9. The number of nitrogens with zero attached hydrogens (tertiary/aromatic N) is 1. The zero-order valence-electron chi connectivity index (χ0n) is 55.1. The van der Waals surface area contributed by atoms with Crippen LogP contribution in [0.5, 0.6) is 0 Å². The summed E-state index contributed by atoms with van der Waals surface area (Å²) in [4.78, 5) is 23.4. The maximum Gasteiger partial charge on any atom is 0.472 e. The normalized spacial score (nSPS) is 13.8. The molecule has 0 aromatic heterocycles. The highest BCUT2D eigenvalue weighted by atomic mass is 31.2. The van der Waals surface area contributed by atoms with Gasteiger partial charge in [-0.3, -0.25) is 13.8 Å². The Labute approximate surface area is 506 Å². The lowest BCUT2D eigenvalue weighted by Crippen LogP contribution is -2.45. The molecule has 0 spiro atoms. The van der Waals surface area contributed by atoms with E-state index in [2.05, 4.69) is 43.5 Å². The number of allylic oxidation sites excluding steroid dienone is 5. The maximum atomic E-state index is 13.0. The Morgan fingerprint density at radius 2 is 0.679 bits per heavy atom. The van der Waals surface area contributed by atoms with Gasteiger partial charge in [0.05, 0.1) is 39.9 Å². The van der Waals surface area contributed by atoms with Gasteiger partial charge in [-0.25, -0.2) is 4.57 Å². The number of unbranched alkanes of at least 4 members (excludes halogenated alkanes) is 50. The standard InChI is InChI=1S/C72H141N2O6P/c1-6-8-10-12-14-16-18-20-22-24-26-28-30-32-34-35-36-37-38-39-40-42-44-46-48-50-52-54-56-58-60-62-64-66-72(76)73-70(69-80-81(77,78)79-68-67-74(3,4)5)71(75)65-63-61-59-57-55-53-51-49-47-45-43-41-33-31-29-27-25-23-21-19-17-15-13-11-9-7-2/h47,49,55,57,63,65,70-71,75H,6-46,48,50-54,56,58-62,64,66-69H2,1-5H3,(H-,73,76,77,78)/p+1/b49-47+,57-55+,65-63+. The summed E-state index contributed by atoms with van der Waals surface area (Å²) < 4.78 is 23.8. The molecule has 0 aliphatic carbocycles. The van der Waals surface area contributed by atoms with E-state index < -0.39 is 20.0 Å². The van der Waals surface area contributed by atoms with Gasteiger partial charge in [0.15, 0.2) is 0 Å². The van der Waals surface area contributed by atoms with E-state index in [0.717, 1.165) is 44.9 Å². The van der Waals surface area contributed by atoms with Crippen molar-refractivity contribution in [2.45, 2.75) is 379 Å². The average Bonchev–Trinajstić information content (AvgIpc) is 3.43. The molecule has 0 aliphatic rings. The molecule has 1 amide bonds. The number of phosphoric ester groups is 1. The molecule has 3 N–H and O–H groups in total. The molecular formula is C72H142N2O6P+. The van der Waals surface area contributed by atoms with Crippen molar-refractivity contribution in [1.29, 1.82) is 0 Å². The smallest absolute Gasteiger partial charge is 0.387 e. The van der Waals surface area contributed by atoms with Crippen LogP contribution >= 0.6 is 7.82 Å². The fraction of sp³-hybridized carbons (Fsp3) is 0.903. The van der Waals surface area contributed by atoms with Crippen LogP contribution in [-0.4, -0.2) is 73.4 Å². The monoisotopic (exact) mass is 1160 g/mol. The first-order chi connectivity index (χ1) is 39.5. The van der Waals surface area contributed by atoms with Crippen LogP contribution in [0.4, 0.5) is 0 Å². The number of aliphatic hydroxyl groups is 1. The van der Waals surface area contributed by atoms with Gasteiger partial charge in [0.2, 0.25) is 5.91 Å². The quantitative estimate of drug-likeness (QED) is 0.0243. The third-order valence-corrected chi connectivity index (χ3v) is 17.6. The molecule has 3 atom stereocenters. The van der Waals surface area contributed by atoms with Gasteiger partial charge in [0.25, 0.3) is 0 Å². The van der Waals surface area contributed by atoms with Gasteiger partial charge in [-0.2, -0.15) is 0 Å². The number of amides is 1. The van der Waals surface area contributed by atoms with Crippen molar-refractivity contribution in [3.63, 3.8) is 0 Å². The molecule has 0 aromatic rings. The topological polar surface area (TPSA) is 105 Å². The first kappa shape index (κ1) is 79.7. The summed E-state index contributed by atoms with van der Waals surface area (Å²) in [5.74, 6) is -0.183. The van der Waals surface area contributed by atoms with Crippen LogP contribution in [0.15, 0.2) is 36.5 Å². The second-order valence-corrected chi connectivity index (χ2v) is 27.4. The molecule has 0 rings (SSSR count). The Hall–Kier alpha value is -1.28. The first-order valence-electron chi connectivity index (χ1n) is 35.9. The molecule has 0 heterocycles. The molecular weight excluding hydrogens is 1020 g/mol. The summed E-state index contributed by atoms with van der Waals surface area (Å²) in [6, 6.07) is -0.869. The number of hydrogen-bond donors (Lipinski definition) is 3. The summed E-state index contributed by atoms with van der Waals surface area (Å²) in [6.07, 6.45) is 84.6. The van der Waals surface area contributed by atoms with E-state index in [1.165, 1.54) is 302 Å². The zero-order chi connectivity index (χ0) is 59.1. The molecule has 0 fully saturated rings. The number of likely N-dealkylation sites (N-methyl/N-ethyl adjacent to an activating group) is 1. The maximum absolute atomic E-state index is 13.0. The molecule has 0 bridgehead atoms. The molecule has 8 nitrogen and oxygen atoms in total. The first-order valence-corrected chi connectivity index (χ1v) is 37.4. The van der Waals surface area contributed by atoms with Crippen molar-refractivity contribution in [3.8, 4) is 0 Å². The lowest BCUT2D eigenvalue weighted by molar-refractivity contribution is -0.870. The Morgan fingerprint density at radius 1 is 0.407 bits per heavy atom. The van der Waals surface area contributed by atoms with E-state index >= 15 is 0 Å². The van der Waals surface area contributed by atoms with Gasteiger partial charge < -0.3 is 19.8 Å². The van der Waals surface area contributed by atoms with Crippen molar-refractivity contribution in [1.82, 2.24) is 5.32 Å². The summed E-state index contributed by atoms with van der Waals surface area (Å²) >= 11 is 0. The highest BCUT2D eigenvalue weighted by molar-refractivity contribution is 7.47. The summed E-state index contributed by atoms with van der Waals surface area (Å²) in [5, 5.41) is 14.0. The largest absolute Gasteiger partial charge is 0.472 e. The Bertz CT molecular complexity index is 1410. The van der Waals surface area contributed by atoms with E-state index in [9.17, 15) is 19.4 Å². The van der Waals surface area contributed by atoms with Crippen LogP contribution in [0.2, 0.25) is 0 Å². The van der Waals surface area contributed by atoms with Gasteiger partial charge in [0, 0.05) is 6.42 Å². The van der Waals surface area contributed by atoms with Crippen molar-refractivity contribution in [2.75, 3.05) is 40.9 Å². The third-order valence-electron chi connectivity index (χ3n) is 16.6. The lowest BCUT2D eigenvalue weighted by Gasteiger charge is -2.25. The van der Waals surface area contributed by atoms with Gasteiger partial charge >= 0.3 is 7.82 Å². The van der Waals surface area contributed by atoms with Gasteiger partial charge in [-0.1, -0.05) is 352 Å². The number of hydrogen-bond acceptors (Lipinski definition) is 5. The number of carbonyl (C=O) groups is 1. The number of phosphoric acid groups is 1. The van der Waals surface area contributed by atoms with Crippen LogP contribution in [-0.2, 0) is 18.4 Å². The van der Waals surface area contributed by atoms with E-state index in [1.807, 2.05) is 27.2 Å². The highest BCUT2D eigenvalue weighted by Gasteiger charge is 2.28. The van der Waals surface area contributed by atoms with Crippen LogP contribution < -0.4 is 5.32 Å². The molecule has 480 valence electrons. The van der Waals surface area contributed by atoms with E-state index in [-0.39, 0.29) is 19.1 Å². The molecule has 81 heavy (non-hydrogen) atoms. The molecule has 0 saturated heterocycles. The molecule has 0 aromatic carbocycles. The van der Waals surface area contributed by atoms with Crippen molar-refractivity contribution < 1.29 is 32.9 Å². The number of nitrogens with one attached hydrogen (secondary N) is 1.